The molecule has 0 spiro atoms. The summed E-state index contributed by atoms with van der Waals surface area (Å²) < 4.78 is 26.7. The van der Waals surface area contributed by atoms with E-state index in [4.69, 9.17) is 5.26 Å². The molecule has 0 saturated carbocycles. The molecule has 0 radical (unpaired) electrons. The number of nitrogens with one attached hydrogen (secondary N) is 1. The summed E-state index contributed by atoms with van der Waals surface area (Å²) >= 11 is 3.26. The van der Waals surface area contributed by atoms with E-state index in [1.165, 1.54) is 12.1 Å². The summed E-state index contributed by atoms with van der Waals surface area (Å²) in [5.41, 5.74) is 1.31. The van der Waals surface area contributed by atoms with Gasteiger partial charge in [-0.2, -0.15) is 5.26 Å². The van der Waals surface area contributed by atoms with E-state index in [2.05, 4.69) is 21.2 Å². The Balaban J connectivity index is 2.34. The molecule has 90 valence electrons. The third-order valence-electron chi connectivity index (χ3n) is 2.18. The highest BCUT2D eigenvalue weighted by atomic mass is 79.9. The third-order valence-corrected chi connectivity index (χ3v) is 2.64. The van der Waals surface area contributed by atoms with Crippen molar-refractivity contribution in [1.29, 1.82) is 5.26 Å². The van der Waals surface area contributed by atoms with Gasteiger partial charge in [0.25, 0.3) is 0 Å². The van der Waals surface area contributed by atoms with Gasteiger partial charge < -0.3 is 5.32 Å². The van der Waals surface area contributed by atoms with Crippen molar-refractivity contribution in [2.45, 2.75) is 0 Å². The van der Waals surface area contributed by atoms with Gasteiger partial charge in [0.15, 0.2) is 0 Å². The number of rotatable bonds is 2. The number of hydrogen-bond acceptors (Lipinski definition) is 2. The largest absolute Gasteiger partial charge is 0.355 e. The minimum atomic E-state index is -0.659. The molecule has 1 N–H and O–H groups in total. The Hall–Kier alpha value is -1.93. The summed E-state index contributed by atoms with van der Waals surface area (Å²) in [6.45, 7) is 0. The summed E-state index contributed by atoms with van der Waals surface area (Å²) in [7, 11) is 0. The molecule has 2 aromatic carbocycles. The van der Waals surface area contributed by atoms with Crippen LogP contribution in [0.4, 0.5) is 20.2 Å². The zero-order valence-corrected chi connectivity index (χ0v) is 10.6. The Kier molecular flexibility index (Phi) is 3.58. The fourth-order valence-electron chi connectivity index (χ4n) is 1.52. The van der Waals surface area contributed by atoms with Crippen molar-refractivity contribution >= 4 is 27.3 Å². The van der Waals surface area contributed by atoms with Gasteiger partial charge in [0, 0.05) is 21.9 Å². The molecule has 2 aromatic rings. The average molecular weight is 309 g/mol. The lowest BCUT2D eigenvalue weighted by molar-refractivity contribution is 0.584. The zero-order chi connectivity index (χ0) is 13.1. The maximum atomic E-state index is 13.0. The van der Waals surface area contributed by atoms with Gasteiger partial charge in [-0.15, -0.1) is 0 Å². The van der Waals surface area contributed by atoms with Crippen LogP contribution in [0.15, 0.2) is 40.9 Å². The minimum absolute atomic E-state index is 0.287. The highest BCUT2D eigenvalue weighted by Crippen LogP contribution is 2.23. The van der Waals surface area contributed by atoms with Crippen LogP contribution in [-0.4, -0.2) is 0 Å². The average Bonchev–Trinajstić information content (AvgIpc) is 2.26. The van der Waals surface area contributed by atoms with Crippen molar-refractivity contribution in [2.24, 2.45) is 0 Å². The fourth-order valence-corrected chi connectivity index (χ4v) is 2.01. The molecule has 0 saturated heterocycles. The van der Waals surface area contributed by atoms with Gasteiger partial charge in [0.1, 0.15) is 11.6 Å². The van der Waals surface area contributed by atoms with E-state index in [1.54, 1.807) is 18.2 Å². The van der Waals surface area contributed by atoms with Gasteiger partial charge in [0.05, 0.1) is 11.6 Å². The molecule has 0 heterocycles. The second-order valence-electron chi connectivity index (χ2n) is 3.62. The molecule has 0 amide bonds. The summed E-state index contributed by atoms with van der Waals surface area (Å²) in [6.07, 6.45) is 0. The lowest BCUT2D eigenvalue weighted by Crippen LogP contribution is -1.93. The molecule has 2 nitrogen and oxygen atoms in total. The van der Waals surface area contributed by atoms with Crippen LogP contribution in [0.5, 0.6) is 0 Å². The van der Waals surface area contributed by atoms with Gasteiger partial charge in [-0.05, 0) is 30.3 Å². The number of nitriles is 1. The van der Waals surface area contributed by atoms with Gasteiger partial charge in [0.2, 0.25) is 0 Å². The highest BCUT2D eigenvalue weighted by molar-refractivity contribution is 9.10. The number of anilines is 2. The SMILES string of the molecule is N#Cc1cc(Br)cc(Nc2cc(F)cc(F)c2)c1. The summed E-state index contributed by atoms with van der Waals surface area (Å²) in [5.74, 6) is -1.32. The molecule has 0 atom stereocenters. The summed E-state index contributed by atoms with van der Waals surface area (Å²) in [5, 5.41) is 11.7. The molecule has 0 aliphatic carbocycles. The summed E-state index contributed by atoms with van der Waals surface area (Å²) in [4.78, 5) is 0. The van der Waals surface area contributed by atoms with E-state index in [-0.39, 0.29) is 5.69 Å². The number of benzene rings is 2. The van der Waals surface area contributed by atoms with E-state index in [0.717, 1.165) is 6.07 Å². The summed E-state index contributed by atoms with van der Waals surface area (Å²) in [6, 6.07) is 10.1. The molecule has 0 aromatic heterocycles. The molecule has 0 aliphatic rings. The molecular weight excluding hydrogens is 302 g/mol. The van der Waals surface area contributed by atoms with E-state index in [9.17, 15) is 8.78 Å². The fraction of sp³-hybridized carbons (Fsp3) is 0. The second kappa shape index (κ2) is 5.15. The standard InChI is InChI=1S/C13H7BrF2N2/c14-9-1-8(7-17)2-12(3-9)18-13-5-10(15)4-11(16)6-13/h1-6,18H. The normalized spacial score (nSPS) is 9.89. The lowest BCUT2D eigenvalue weighted by atomic mass is 10.2. The number of halogens is 3. The highest BCUT2D eigenvalue weighted by Gasteiger charge is 2.03. The molecule has 0 fully saturated rings. The van der Waals surface area contributed by atoms with Crippen molar-refractivity contribution in [3.8, 4) is 6.07 Å². The smallest absolute Gasteiger partial charge is 0.128 e. The van der Waals surface area contributed by atoms with Crippen LogP contribution in [-0.2, 0) is 0 Å². The van der Waals surface area contributed by atoms with Crippen LogP contribution < -0.4 is 5.32 Å². The van der Waals surface area contributed by atoms with Crippen LogP contribution in [0.3, 0.4) is 0 Å². The van der Waals surface area contributed by atoms with Crippen molar-refractivity contribution in [3.05, 3.63) is 58.1 Å². The van der Waals surface area contributed by atoms with E-state index < -0.39 is 11.6 Å². The second-order valence-corrected chi connectivity index (χ2v) is 4.54. The van der Waals surface area contributed by atoms with Crippen molar-refractivity contribution in [2.75, 3.05) is 5.32 Å². The van der Waals surface area contributed by atoms with Gasteiger partial charge in [-0.1, -0.05) is 15.9 Å². The quantitative estimate of drug-likeness (QED) is 0.895. The van der Waals surface area contributed by atoms with E-state index >= 15 is 0 Å². The number of nitrogens with zero attached hydrogens (tertiary/aromatic N) is 1. The molecule has 5 heteroatoms. The maximum absolute atomic E-state index is 13.0. The Morgan fingerprint density at radius 1 is 0.944 bits per heavy atom. The Morgan fingerprint density at radius 2 is 1.56 bits per heavy atom. The first kappa shape index (κ1) is 12.5. The van der Waals surface area contributed by atoms with Crippen LogP contribution in [0.2, 0.25) is 0 Å². The predicted molar refractivity (Wildman–Crippen MR) is 68.5 cm³/mol. The van der Waals surface area contributed by atoms with Crippen molar-refractivity contribution < 1.29 is 8.78 Å². The van der Waals surface area contributed by atoms with Crippen molar-refractivity contribution in [1.82, 2.24) is 0 Å². The third kappa shape index (κ3) is 3.05. The maximum Gasteiger partial charge on any atom is 0.128 e. The van der Waals surface area contributed by atoms with Crippen molar-refractivity contribution in [3.63, 3.8) is 0 Å². The first-order valence-corrected chi connectivity index (χ1v) is 5.80. The predicted octanol–water partition coefficient (Wildman–Crippen LogP) is 4.34. The molecule has 2 rings (SSSR count). The van der Waals surface area contributed by atoms with Crippen LogP contribution >= 0.6 is 15.9 Å². The van der Waals surface area contributed by atoms with Gasteiger partial charge in [-0.25, -0.2) is 8.78 Å². The van der Waals surface area contributed by atoms with Gasteiger partial charge in [-0.3, -0.25) is 0 Å². The topological polar surface area (TPSA) is 35.8 Å². The van der Waals surface area contributed by atoms with E-state index in [0.29, 0.717) is 15.7 Å². The zero-order valence-electron chi connectivity index (χ0n) is 9.05. The first-order chi connectivity index (χ1) is 8.56. The van der Waals surface area contributed by atoms with Crippen LogP contribution in [0.25, 0.3) is 0 Å². The van der Waals surface area contributed by atoms with Crippen LogP contribution in [0.1, 0.15) is 5.56 Å². The first-order valence-electron chi connectivity index (χ1n) is 5.00. The Labute approximate surface area is 111 Å². The van der Waals surface area contributed by atoms with E-state index in [1.807, 2.05) is 6.07 Å². The molecule has 0 unspecified atom stereocenters. The Morgan fingerprint density at radius 3 is 2.17 bits per heavy atom. The molecule has 18 heavy (non-hydrogen) atoms. The lowest BCUT2D eigenvalue weighted by Gasteiger charge is -2.07. The van der Waals surface area contributed by atoms with Crippen LogP contribution in [0, 0.1) is 23.0 Å². The number of hydrogen-bond donors (Lipinski definition) is 1. The monoisotopic (exact) mass is 308 g/mol. The minimum Gasteiger partial charge on any atom is -0.355 e. The van der Waals surface area contributed by atoms with Gasteiger partial charge >= 0.3 is 0 Å². The Bertz CT molecular complexity index is 615. The molecule has 0 aliphatic heterocycles. The molecule has 0 bridgehead atoms. The molecular formula is C13H7BrF2N2.